The van der Waals surface area contributed by atoms with Gasteiger partial charge in [0.05, 0.1) is 6.54 Å². The van der Waals surface area contributed by atoms with Crippen LogP contribution in [0.4, 0.5) is 0 Å². The van der Waals surface area contributed by atoms with Crippen LogP contribution in [0.2, 0.25) is 0 Å². The molecule has 6 heteroatoms. The van der Waals surface area contributed by atoms with E-state index in [1.54, 1.807) is 0 Å². The van der Waals surface area contributed by atoms with Crippen molar-refractivity contribution in [2.75, 3.05) is 52.9 Å². The molecule has 0 aromatic heterocycles. The minimum atomic E-state index is 0. The number of hydrogen-bond acceptors (Lipinski definition) is 3. The standard InChI is InChI=1S/C24H41N5.HI/c1-5-25-23(26-18-22(20(2)3)29-16-14-28(4)15-17-29)27-19-24(12-9-13-24)21-10-7-6-8-11-21;/h6-8,10-11,20,22H,5,9,12-19H2,1-4H3,(H2,25,26,27);1H. The van der Waals surface area contributed by atoms with Crippen LogP contribution in [-0.2, 0) is 5.41 Å². The van der Waals surface area contributed by atoms with Crippen molar-refractivity contribution < 1.29 is 0 Å². The van der Waals surface area contributed by atoms with Crippen molar-refractivity contribution in [3.63, 3.8) is 0 Å². The number of nitrogens with zero attached hydrogens (tertiary/aromatic N) is 3. The molecular formula is C24H42IN5. The summed E-state index contributed by atoms with van der Waals surface area (Å²) < 4.78 is 0. The third kappa shape index (κ3) is 6.57. The van der Waals surface area contributed by atoms with Gasteiger partial charge in [0.15, 0.2) is 5.96 Å². The summed E-state index contributed by atoms with van der Waals surface area (Å²) in [6, 6.07) is 11.5. The summed E-state index contributed by atoms with van der Waals surface area (Å²) >= 11 is 0. The minimum absolute atomic E-state index is 0. The molecule has 3 rings (SSSR count). The van der Waals surface area contributed by atoms with Gasteiger partial charge in [-0.2, -0.15) is 0 Å². The topological polar surface area (TPSA) is 42.9 Å². The van der Waals surface area contributed by atoms with Crippen molar-refractivity contribution >= 4 is 29.9 Å². The highest BCUT2D eigenvalue weighted by molar-refractivity contribution is 14.0. The molecule has 1 aromatic rings. The number of rotatable bonds is 8. The first-order valence-corrected chi connectivity index (χ1v) is 11.5. The molecule has 170 valence electrons. The molecule has 1 aliphatic carbocycles. The molecular weight excluding hydrogens is 485 g/mol. The molecule has 0 spiro atoms. The Morgan fingerprint density at radius 3 is 2.27 bits per heavy atom. The van der Waals surface area contributed by atoms with Crippen LogP contribution in [0.3, 0.4) is 0 Å². The molecule has 2 aliphatic rings. The normalized spacial score (nSPS) is 20.9. The quantitative estimate of drug-likeness (QED) is 0.309. The number of piperazine rings is 1. The maximum absolute atomic E-state index is 5.04. The van der Waals surface area contributed by atoms with Gasteiger partial charge >= 0.3 is 0 Å². The van der Waals surface area contributed by atoms with Crippen LogP contribution in [0.25, 0.3) is 0 Å². The number of nitrogens with one attached hydrogen (secondary N) is 2. The summed E-state index contributed by atoms with van der Waals surface area (Å²) in [5.74, 6) is 1.59. The average Bonchev–Trinajstić information content (AvgIpc) is 2.69. The van der Waals surface area contributed by atoms with Gasteiger partial charge in [-0.1, -0.05) is 50.6 Å². The Morgan fingerprint density at radius 2 is 1.73 bits per heavy atom. The smallest absolute Gasteiger partial charge is 0.191 e. The van der Waals surface area contributed by atoms with Gasteiger partial charge in [-0.05, 0) is 38.3 Å². The molecule has 1 unspecified atom stereocenters. The lowest BCUT2D eigenvalue weighted by molar-refractivity contribution is 0.0900. The van der Waals surface area contributed by atoms with Crippen molar-refractivity contribution in [1.82, 2.24) is 20.4 Å². The van der Waals surface area contributed by atoms with E-state index in [-0.39, 0.29) is 29.4 Å². The first kappa shape index (κ1) is 25.4. The third-order valence-electron chi connectivity index (χ3n) is 6.84. The Kier molecular flexibility index (Phi) is 10.4. The van der Waals surface area contributed by atoms with Crippen molar-refractivity contribution in [1.29, 1.82) is 0 Å². The molecule has 2 N–H and O–H groups in total. The summed E-state index contributed by atoms with van der Waals surface area (Å²) in [7, 11) is 2.22. The fourth-order valence-corrected chi connectivity index (χ4v) is 4.65. The number of aliphatic imine (C=N–C) groups is 1. The molecule has 2 fully saturated rings. The minimum Gasteiger partial charge on any atom is -0.357 e. The summed E-state index contributed by atoms with van der Waals surface area (Å²) in [4.78, 5) is 10.1. The predicted octanol–water partition coefficient (Wildman–Crippen LogP) is 3.55. The SMILES string of the molecule is CCNC(=NCC1(c2ccccc2)CCC1)NCC(C(C)C)N1CCN(C)CC1.I. The summed E-state index contributed by atoms with van der Waals surface area (Å²) in [6.07, 6.45) is 3.80. The fraction of sp³-hybridized carbons (Fsp3) is 0.708. The number of hydrogen-bond donors (Lipinski definition) is 2. The first-order valence-electron chi connectivity index (χ1n) is 11.5. The van der Waals surface area contributed by atoms with Crippen molar-refractivity contribution in [3.8, 4) is 0 Å². The molecule has 1 aromatic carbocycles. The summed E-state index contributed by atoms with van der Waals surface area (Å²) in [5.41, 5.74) is 1.68. The lowest BCUT2D eigenvalue weighted by Crippen LogP contribution is -2.55. The highest BCUT2D eigenvalue weighted by atomic mass is 127. The predicted molar refractivity (Wildman–Crippen MR) is 139 cm³/mol. The van der Waals surface area contributed by atoms with Crippen LogP contribution in [0.5, 0.6) is 0 Å². The lowest BCUT2D eigenvalue weighted by Gasteiger charge is -2.41. The summed E-state index contributed by atoms with van der Waals surface area (Å²) in [6.45, 7) is 14.2. The molecule has 0 bridgehead atoms. The molecule has 0 radical (unpaired) electrons. The van der Waals surface area contributed by atoms with Crippen LogP contribution in [-0.4, -0.2) is 74.7 Å². The average molecular weight is 528 g/mol. The van der Waals surface area contributed by atoms with Crippen LogP contribution in [0, 0.1) is 5.92 Å². The maximum atomic E-state index is 5.04. The zero-order valence-corrected chi connectivity index (χ0v) is 21.7. The zero-order chi connectivity index (χ0) is 20.7. The van der Waals surface area contributed by atoms with Gasteiger partial charge in [-0.3, -0.25) is 9.89 Å². The van der Waals surface area contributed by atoms with Crippen molar-refractivity contribution in [2.45, 2.75) is 51.5 Å². The number of guanidine groups is 1. The zero-order valence-electron chi connectivity index (χ0n) is 19.4. The Morgan fingerprint density at radius 1 is 1.07 bits per heavy atom. The van der Waals surface area contributed by atoms with E-state index in [2.05, 4.69) is 78.6 Å². The number of halogens is 1. The maximum Gasteiger partial charge on any atom is 0.191 e. The van der Waals surface area contributed by atoms with Gasteiger partial charge in [0.25, 0.3) is 0 Å². The van der Waals surface area contributed by atoms with E-state index in [0.29, 0.717) is 12.0 Å². The molecule has 1 saturated heterocycles. The Hall–Kier alpha value is -0.860. The molecule has 1 heterocycles. The second kappa shape index (κ2) is 12.2. The molecule has 1 saturated carbocycles. The van der Waals surface area contributed by atoms with E-state index in [0.717, 1.165) is 51.8 Å². The molecule has 30 heavy (non-hydrogen) atoms. The second-order valence-electron chi connectivity index (χ2n) is 9.23. The Bertz CT molecular complexity index is 636. The van der Waals surface area contributed by atoms with Gasteiger partial charge in [0.1, 0.15) is 0 Å². The molecule has 5 nitrogen and oxygen atoms in total. The summed E-state index contributed by atoms with van der Waals surface area (Å²) in [5, 5.41) is 7.14. The van der Waals surface area contributed by atoms with Gasteiger partial charge in [0, 0.05) is 50.7 Å². The van der Waals surface area contributed by atoms with E-state index in [1.165, 1.54) is 24.8 Å². The number of likely N-dealkylation sites (N-methyl/N-ethyl adjacent to an activating group) is 1. The molecule has 1 aliphatic heterocycles. The van der Waals surface area contributed by atoms with Crippen molar-refractivity contribution in [2.24, 2.45) is 10.9 Å². The largest absolute Gasteiger partial charge is 0.357 e. The third-order valence-corrected chi connectivity index (χ3v) is 6.84. The lowest BCUT2D eigenvalue weighted by atomic mass is 9.64. The van der Waals surface area contributed by atoms with Gasteiger partial charge in [0.2, 0.25) is 0 Å². The van der Waals surface area contributed by atoms with Crippen LogP contribution >= 0.6 is 24.0 Å². The number of benzene rings is 1. The highest BCUT2D eigenvalue weighted by Crippen LogP contribution is 2.43. The van der Waals surface area contributed by atoms with Gasteiger partial charge < -0.3 is 15.5 Å². The van der Waals surface area contributed by atoms with Crippen LogP contribution < -0.4 is 10.6 Å². The van der Waals surface area contributed by atoms with Crippen molar-refractivity contribution in [3.05, 3.63) is 35.9 Å². The van der Waals surface area contributed by atoms with E-state index in [9.17, 15) is 0 Å². The first-order chi connectivity index (χ1) is 14.0. The van der Waals surface area contributed by atoms with E-state index in [1.807, 2.05) is 0 Å². The van der Waals surface area contributed by atoms with Crippen LogP contribution in [0.1, 0.15) is 45.6 Å². The van der Waals surface area contributed by atoms with Gasteiger partial charge in [-0.15, -0.1) is 24.0 Å². The van der Waals surface area contributed by atoms with Gasteiger partial charge in [-0.25, -0.2) is 0 Å². The Labute approximate surface area is 201 Å². The monoisotopic (exact) mass is 527 g/mol. The van der Waals surface area contributed by atoms with E-state index >= 15 is 0 Å². The highest BCUT2D eigenvalue weighted by Gasteiger charge is 2.38. The molecule has 1 atom stereocenters. The van der Waals surface area contributed by atoms with E-state index < -0.39 is 0 Å². The second-order valence-corrected chi connectivity index (χ2v) is 9.23. The fourth-order valence-electron chi connectivity index (χ4n) is 4.65. The Balaban J connectivity index is 0.00000320. The van der Waals surface area contributed by atoms with Crippen LogP contribution in [0.15, 0.2) is 35.3 Å². The van der Waals surface area contributed by atoms with E-state index in [4.69, 9.17) is 4.99 Å². The molecule has 0 amide bonds.